The molecule has 132 valence electrons. The highest BCUT2D eigenvalue weighted by Gasteiger charge is 2.11. The number of hydrogen-bond acceptors (Lipinski definition) is 3. The number of aromatic nitrogens is 1. The van der Waals surface area contributed by atoms with Crippen LogP contribution in [0.3, 0.4) is 0 Å². The fraction of sp³-hybridized carbons (Fsp3) is 0.143. The average Bonchev–Trinajstić information content (AvgIpc) is 3.01. The minimum atomic E-state index is -0.302. The Morgan fingerprint density at radius 1 is 1.12 bits per heavy atom. The Morgan fingerprint density at radius 2 is 1.77 bits per heavy atom. The van der Waals surface area contributed by atoms with Gasteiger partial charge >= 0.3 is 0 Å². The molecule has 1 N–H and O–H groups in total. The van der Waals surface area contributed by atoms with Crippen LogP contribution in [-0.2, 0) is 4.79 Å². The van der Waals surface area contributed by atoms with E-state index in [4.69, 9.17) is 0 Å². The van der Waals surface area contributed by atoms with Crippen molar-refractivity contribution in [3.8, 4) is 11.3 Å². The van der Waals surface area contributed by atoms with Crippen molar-refractivity contribution >= 4 is 28.5 Å². The fourth-order valence-electron chi connectivity index (χ4n) is 2.92. The maximum Gasteiger partial charge on any atom is 0.250 e. The highest BCUT2D eigenvalue weighted by molar-refractivity contribution is 7.14. The molecule has 0 aliphatic rings. The van der Waals surface area contributed by atoms with Gasteiger partial charge in [-0.25, -0.2) is 9.37 Å². The van der Waals surface area contributed by atoms with Crippen LogP contribution in [0.2, 0.25) is 0 Å². The Balaban J connectivity index is 1.72. The third-order valence-corrected chi connectivity index (χ3v) is 4.72. The number of nitrogens with zero attached hydrogens (tertiary/aromatic N) is 1. The highest BCUT2D eigenvalue weighted by atomic mass is 32.1. The van der Waals surface area contributed by atoms with Crippen LogP contribution in [0.1, 0.15) is 22.3 Å². The van der Waals surface area contributed by atoms with Gasteiger partial charge in [0.2, 0.25) is 5.91 Å². The van der Waals surface area contributed by atoms with Crippen LogP contribution < -0.4 is 5.32 Å². The van der Waals surface area contributed by atoms with E-state index in [1.54, 1.807) is 18.2 Å². The van der Waals surface area contributed by atoms with Gasteiger partial charge in [-0.1, -0.05) is 29.8 Å². The predicted octanol–water partition coefficient (Wildman–Crippen LogP) is 5.53. The second-order valence-electron chi connectivity index (χ2n) is 6.19. The SMILES string of the molecule is Cc1cc(C)c(-c2csc(NC(=O)/C=C/c3ccc(F)cc3)n2)c(C)c1. The van der Waals surface area contributed by atoms with Crippen LogP contribution in [0, 0.1) is 26.6 Å². The standard InChI is InChI=1S/C21H19FN2OS/c1-13-10-14(2)20(15(3)11-13)18-12-26-21(23-18)24-19(25)9-6-16-4-7-17(22)8-5-16/h4-12H,1-3H3,(H,23,24,25)/b9-6+. The molecule has 2 aromatic carbocycles. The van der Waals surface area contributed by atoms with E-state index in [2.05, 4.69) is 43.2 Å². The van der Waals surface area contributed by atoms with Gasteiger partial charge in [0.1, 0.15) is 5.82 Å². The van der Waals surface area contributed by atoms with Crippen molar-refractivity contribution in [1.82, 2.24) is 4.98 Å². The van der Waals surface area contributed by atoms with E-state index in [0.29, 0.717) is 5.13 Å². The third-order valence-electron chi connectivity index (χ3n) is 3.96. The normalized spacial score (nSPS) is 11.1. The largest absolute Gasteiger partial charge is 0.298 e. The summed E-state index contributed by atoms with van der Waals surface area (Å²) in [6.45, 7) is 6.21. The Labute approximate surface area is 156 Å². The number of nitrogens with one attached hydrogen (secondary N) is 1. The van der Waals surface area contributed by atoms with E-state index in [1.807, 2.05) is 5.38 Å². The zero-order valence-corrected chi connectivity index (χ0v) is 15.7. The molecule has 0 fully saturated rings. The van der Waals surface area contributed by atoms with E-state index in [9.17, 15) is 9.18 Å². The molecule has 0 spiro atoms. The van der Waals surface area contributed by atoms with E-state index in [0.717, 1.165) is 16.8 Å². The topological polar surface area (TPSA) is 42.0 Å². The van der Waals surface area contributed by atoms with Gasteiger partial charge < -0.3 is 0 Å². The number of thiazole rings is 1. The molecule has 0 saturated carbocycles. The lowest BCUT2D eigenvalue weighted by atomic mass is 9.98. The van der Waals surface area contributed by atoms with Crippen molar-refractivity contribution in [3.05, 3.63) is 75.9 Å². The van der Waals surface area contributed by atoms with Crippen LogP contribution in [0.4, 0.5) is 9.52 Å². The van der Waals surface area contributed by atoms with Crippen molar-refractivity contribution in [2.45, 2.75) is 20.8 Å². The molecule has 0 unspecified atom stereocenters. The Morgan fingerprint density at radius 3 is 2.42 bits per heavy atom. The maximum absolute atomic E-state index is 12.9. The molecule has 0 atom stereocenters. The van der Waals surface area contributed by atoms with Gasteiger partial charge in [-0.05, 0) is 55.7 Å². The average molecular weight is 366 g/mol. The van der Waals surface area contributed by atoms with Crippen LogP contribution in [0.25, 0.3) is 17.3 Å². The van der Waals surface area contributed by atoms with Crippen molar-refractivity contribution in [2.24, 2.45) is 0 Å². The molecule has 1 amide bonds. The maximum atomic E-state index is 12.9. The fourth-order valence-corrected chi connectivity index (χ4v) is 3.63. The van der Waals surface area contributed by atoms with Crippen molar-refractivity contribution in [1.29, 1.82) is 0 Å². The number of carbonyl (C=O) groups is 1. The van der Waals surface area contributed by atoms with E-state index < -0.39 is 0 Å². The van der Waals surface area contributed by atoms with Crippen molar-refractivity contribution in [3.63, 3.8) is 0 Å². The van der Waals surface area contributed by atoms with Crippen molar-refractivity contribution < 1.29 is 9.18 Å². The Bertz CT molecular complexity index is 951. The second-order valence-corrected chi connectivity index (χ2v) is 7.04. The molecule has 0 aliphatic carbocycles. The van der Waals surface area contributed by atoms with Gasteiger partial charge in [0.15, 0.2) is 5.13 Å². The summed E-state index contributed by atoms with van der Waals surface area (Å²) >= 11 is 1.39. The summed E-state index contributed by atoms with van der Waals surface area (Å²) in [4.78, 5) is 16.6. The van der Waals surface area contributed by atoms with Gasteiger partial charge in [-0.15, -0.1) is 11.3 Å². The lowest BCUT2D eigenvalue weighted by Crippen LogP contribution is -2.07. The molecule has 0 bridgehead atoms. The van der Waals surface area contributed by atoms with Gasteiger partial charge in [0.25, 0.3) is 0 Å². The number of benzene rings is 2. The first-order valence-electron chi connectivity index (χ1n) is 8.21. The number of carbonyl (C=O) groups excluding carboxylic acids is 1. The zero-order valence-electron chi connectivity index (χ0n) is 14.8. The Hall–Kier alpha value is -2.79. The lowest BCUT2D eigenvalue weighted by molar-refractivity contribution is -0.111. The molecule has 26 heavy (non-hydrogen) atoms. The van der Waals surface area contributed by atoms with Gasteiger partial charge in [0, 0.05) is 17.0 Å². The van der Waals surface area contributed by atoms with E-state index >= 15 is 0 Å². The molecule has 3 nitrogen and oxygen atoms in total. The molecule has 3 aromatic rings. The summed E-state index contributed by atoms with van der Waals surface area (Å²) in [7, 11) is 0. The predicted molar refractivity (Wildman–Crippen MR) is 106 cm³/mol. The lowest BCUT2D eigenvalue weighted by Gasteiger charge is -2.08. The second kappa shape index (κ2) is 7.62. The molecule has 0 aliphatic heterocycles. The number of rotatable bonds is 4. The zero-order chi connectivity index (χ0) is 18.7. The molecule has 5 heteroatoms. The third kappa shape index (κ3) is 4.24. The van der Waals surface area contributed by atoms with Crippen LogP contribution in [0.15, 0.2) is 47.9 Å². The number of halogens is 1. The molecule has 1 aromatic heterocycles. The minimum absolute atomic E-state index is 0.271. The number of aryl methyl sites for hydroxylation is 3. The molecule has 0 saturated heterocycles. The molecule has 3 rings (SSSR count). The quantitative estimate of drug-likeness (QED) is 0.617. The van der Waals surface area contributed by atoms with Gasteiger partial charge in [0.05, 0.1) is 5.69 Å². The monoisotopic (exact) mass is 366 g/mol. The summed E-state index contributed by atoms with van der Waals surface area (Å²) in [6, 6.07) is 10.2. The molecule has 0 radical (unpaired) electrons. The minimum Gasteiger partial charge on any atom is -0.298 e. The Kier molecular flexibility index (Phi) is 5.28. The molecule has 1 heterocycles. The number of amides is 1. The summed E-state index contributed by atoms with van der Waals surface area (Å²) in [5, 5.41) is 5.27. The van der Waals surface area contributed by atoms with Gasteiger partial charge in [-0.2, -0.15) is 0 Å². The summed E-state index contributed by atoms with van der Waals surface area (Å²) in [6.07, 6.45) is 3.05. The highest BCUT2D eigenvalue weighted by Crippen LogP contribution is 2.31. The molecular formula is C21H19FN2OS. The first-order chi connectivity index (χ1) is 12.4. The summed E-state index contributed by atoms with van der Waals surface area (Å²) < 4.78 is 12.9. The summed E-state index contributed by atoms with van der Waals surface area (Å²) in [5.74, 6) is -0.573. The van der Waals surface area contributed by atoms with E-state index in [1.165, 1.54) is 46.2 Å². The smallest absolute Gasteiger partial charge is 0.250 e. The summed E-state index contributed by atoms with van der Waals surface area (Å²) in [5.41, 5.74) is 6.28. The van der Waals surface area contributed by atoms with Gasteiger partial charge in [-0.3, -0.25) is 10.1 Å². The number of anilines is 1. The molecular weight excluding hydrogens is 347 g/mol. The van der Waals surface area contributed by atoms with Crippen LogP contribution in [-0.4, -0.2) is 10.9 Å². The first kappa shape index (κ1) is 18.0. The van der Waals surface area contributed by atoms with Crippen molar-refractivity contribution in [2.75, 3.05) is 5.32 Å². The van der Waals surface area contributed by atoms with E-state index in [-0.39, 0.29) is 11.7 Å². The first-order valence-corrected chi connectivity index (χ1v) is 9.09. The number of hydrogen-bond donors (Lipinski definition) is 1. The van der Waals surface area contributed by atoms with Crippen LogP contribution >= 0.6 is 11.3 Å². The van der Waals surface area contributed by atoms with Crippen LogP contribution in [0.5, 0.6) is 0 Å².